The lowest BCUT2D eigenvalue weighted by Crippen LogP contribution is -2.15. The number of aryl methyl sites for hydroxylation is 2. The van der Waals surface area contributed by atoms with Gasteiger partial charge in [-0.15, -0.1) is 0 Å². The molecular formula is C35H28N2O5S2. The third kappa shape index (κ3) is 5.10. The molecule has 4 aromatic carbocycles. The van der Waals surface area contributed by atoms with E-state index in [1.165, 1.54) is 44.6 Å². The minimum atomic E-state index is -3.96. The lowest BCUT2D eigenvalue weighted by atomic mass is 9.91. The molecule has 0 saturated carbocycles. The number of benzene rings is 4. The Morgan fingerprint density at radius 3 is 1.27 bits per heavy atom. The van der Waals surface area contributed by atoms with Crippen LogP contribution in [0, 0.1) is 13.8 Å². The third-order valence-electron chi connectivity index (χ3n) is 7.42. The molecule has 9 heteroatoms. The molecule has 0 atom stereocenters. The van der Waals surface area contributed by atoms with E-state index in [1.807, 2.05) is 13.8 Å². The van der Waals surface area contributed by atoms with Gasteiger partial charge in [0.2, 0.25) is 0 Å². The van der Waals surface area contributed by atoms with Crippen molar-refractivity contribution in [2.75, 3.05) is 0 Å². The molecule has 0 amide bonds. The van der Waals surface area contributed by atoms with Gasteiger partial charge in [-0.05, 0) is 74.5 Å². The summed E-state index contributed by atoms with van der Waals surface area (Å²) >= 11 is 0. The molecule has 0 aliphatic heterocycles. The Bertz CT molecular complexity index is 2070. The van der Waals surface area contributed by atoms with Crippen LogP contribution in [-0.2, 0) is 20.0 Å². The smallest absolute Gasteiger partial charge is 0.268 e. The maximum Gasteiger partial charge on any atom is 0.268 e. The fourth-order valence-corrected chi connectivity index (χ4v) is 8.02. The third-order valence-corrected chi connectivity index (χ3v) is 10.8. The highest BCUT2D eigenvalue weighted by Crippen LogP contribution is 2.34. The van der Waals surface area contributed by atoms with Crippen LogP contribution >= 0.6 is 0 Å². The van der Waals surface area contributed by atoms with Crippen LogP contribution in [0.15, 0.2) is 144 Å². The number of aromatic nitrogens is 2. The maximum atomic E-state index is 14.4. The summed E-state index contributed by atoms with van der Waals surface area (Å²) in [6, 6.07) is 33.4. The van der Waals surface area contributed by atoms with Crippen LogP contribution in [0.2, 0.25) is 0 Å². The van der Waals surface area contributed by atoms with E-state index in [0.717, 1.165) is 11.1 Å². The second kappa shape index (κ2) is 11.3. The normalized spacial score (nSPS) is 11.9. The molecule has 6 aromatic rings. The van der Waals surface area contributed by atoms with E-state index < -0.39 is 20.0 Å². The van der Waals surface area contributed by atoms with Gasteiger partial charge >= 0.3 is 0 Å². The summed E-state index contributed by atoms with van der Waals surface area (Å²) in [4.78, 5) is 14.7. The summed E-state index contributed by atoms with van der Waals surface area (Å²) < 4.78 is 56.9. The quantitative estimate of drug-likeness (QED) is 0.172. The highest BCUT2D eigenvalue weighted by atomic mass is 32.2. The molecule has 0 unspecified atom stereocenters. The zero-order valence-corrected chi connectivity index (χ0v) is 25.6. The van der Waals surface area contributed by atoms with Gasteiger partial charge in [-0.25, -0.2) is 24.8 Å². The van der Waals surface area contributed by atoms with Gasteiger partial charge in [-0.2, -0.15) is 0 Å². The van der Waals surface area contributed by atoms with Crippen molar-refractivity contribution in [3.63, 3.8) is 0 Å². The molecule has 7 nitrogen and oxygen atoms in total. The Kier molecular flexibility index (Phi) is 7.44. The molecule has 0 aliphatic carbocycles. The van der Waals surface area contributed by atoms with E-state index >= 15 is 0 Å². The van der Waals surface area contributed by atoms with E-state index in [1.54, 1.807) is 97.1 Å². The SMILES string of the molecule is Cc1ccc(C(=O)c2ccc(C)cc2-c2cccn2S(=O)(=O)c2ccccc2)c(-c2cccn2S(=O)(=O)c2ccccc2)c1. The fourth-order valence-electron chi connectivity index (χ4n) is 5.26. The molecule has 0 aliphatic rings. The van der Waals surface area contributed by atoms with Crippen LogP contribution in [-0.4, -0.2) is 30.6 Å². The average Bonchev–Trinajstić information content (AvgIpc) is 3.73. The zero-order chi connectivity index (χ0) is 31.1. The summed E-state index contributed by atoms with van der Waals surface area (Å²) in [5.41, 5.74) is 3.81. The van der Waals surface area contributed by atoms with Gasteiger partial charge in [0.25, 0.3) is 20.0 Å². The summed E-state index contributed by atoms with van der Waals surface area (Å²) in [6.07, 6.45) is 2.93. The lowest BCUT2D eigenvalue weighted by Gasteiger charge is -2.17. The van der Waals surface area contributed by atoms with Crippen molar-refractivity contribution in [3.05, 3.63) is 156 Å². The summed E-state index contributed by atoms with van der Waals surface area (Å²) in [6.45, 7) is 3.74. The molecule has 0 spiro atoms. The molecule has 44 heavy (non-hydrogen) atoms. The van der Waals surface area contributed by atoms with Gasteiger partial charge in [0.1, 0.15) is 0 Å². The molecule has 0 fully saturated rings. The molecule has 0 bridgehead atoms. The summed E-state index contributed by atoms with van der Waals surface area (Å²) in [7, 11) is -7.91. The zero-order valence-electron chi connectivity index (χ0n) is 24.0. The number of carbonyl (C=O) groups is 1. The number of rotatable bonds is 8. The topological polar surface area (TPSA) is 95.2 Å². The monoisotopic (exact) mass is 620 g/mol. The number of hydrogen-bond acceptors (Lipinski definition) is 5. The molecule has 0 radical (unpaired) electrons. The van der Waals surface area contributed by atoms with Crippen molar-refractivity contribution < 1.29 is 21.6 Å². The second-order valence-electron chi connectivity index (χ2n) is 10.4. The first kappa shape index (κ1) is 29.1. The van der Waals surface area contributed by atoms with Crippen LogP contribution in [0.3, 0.4) is 0 Å². The van der Waals surface area contributed by atoms with E-state index in [9.17, 15) is 21.6 Å². The van der Waals surface area contributed by atoms with Crippen molar-refractivity contribution in [2.24, 2.45) is 0 Å². The highest BCUT2D eigenvalue weighted by Gasteiger charge is 2.27. The van der Waals surface area contributed by atoms with Crippen LogP contribution in [0.25, 0.3) is 22.5 Å². The van der Waals surface area contributed by atoms with Crippen molar-refractivity contribution in [1.82, 2.24) is 7.94 Å². The largest absolute Gasteiger partial charge is 0.289 e. The Balaban J connectivity index is 1.51. The van der Waals surface area contributed by atoms with Crippen molar-refractivity contribution in [2.45, 2.75) is 23.6 Å². The summed E-state index contributed by atoms with van der Waals surface area (Å²) in [5, 5.41) is 0. The van der Waals surface area contributed by atoms with E-state index in [-0.39, 0.29) is 26.7 Å². The molecule has 0 saturated heterocycles. The number of ketones is 1. The Hall–Kier alpha value is -4.99. The van der Waals surface area contributed by atoms with Crippen LogP contribution < -0.4 is 0 Å². The van der Waals surface area contributed by atoms with Crippen molar-refractivity contribution in [1.29, 1.82) is 0 Å². The number of nitrogens with zero attached hydrogens (tertiary/aromatic N) is 2. The second-order valence-corrected chi connectivity index (χ2v) is 14.1. The van der Waals surface area contributed by atoms with E-state index in [4.69, 9.17) is 0 Å². The van der Waals surface area contributed by atoms with Crippen LogP contribution in [0.4, 0.5) is 0 Å². The van der Waals surface area contributed by atoms with Gasteiger partial charge in [-0.1, -0.05) is 71.8 Å². The van der Waals surface area contributed by atoms with Crippen molar-refractivity contribution in [3.8, 4) is 22.5 Å². The standard InChI is InChI=1S/C35H28N2O5S2/c1-25-17-19-29(31(23-25)33-15-9-21-36(33)43(39,40)27-11-5-3-6-12-27)35(38)30-20-18-26(2)24-32(30)34-16-10-22-37(34)44(41,42)28-13-7-4-8-14-28/h3-24H,1-2H3. The highest BCUT2D eigenvalue weighted by molar-refractivity contribution is 7.90. The molecule has 0 N–H and O–H groups in total. The minimum absolute atomic E-state index is 0.124. The minimum Gasteiger partial charge on any atom is -0.289 e. The van der Waals surface area contributed by atoms with Gasteiger partial charge < -0.3 is 0 Å². The molecule has 220 valence electrons. The predicted octanol–water partition coefficient (Wildman–Crippen LogP) is 6.95. The molecule has 6 rings (SSSR count). The molecular weight excluding hydrogens is 593 g/mol. The van der Waals surface area contributed by atoms with Gasteiger partial charge in [-0.3, -0.25) is 4.79 Å². The average molecular weight is 621 g/mol. The van der Waals surface area contributed by atoms with E-state index in [2.05, 4.69) is 0 Å². The van der Waals surface area contributed by atoms with Gasteiger partial charge in [0.05, 0.1) is 21.2 Å². The first-order valence-corrected chi connectivity index (χ1v) is 16.7. The van der Waals surface area contributed by atoms with Gasteiger partial charge in [0.15, 0.2) is 5.78 Å². The van der Waals surface area contributed by atoms with Gasteiger partial charge in [0, 0.05) is 34.6 Å². The maximum absolute atomic E-state index is 14.4. The van der Waals surface area contributed by atoms with Crippen LogP contribution in [0.5, 0.6) is 0 Å². The first-order valence-electron chi connectivity index (χ1n) is 13.8. The number of hydrogen-bond donors (Lipinski definition) is 0. The Morgan fingerprint density at radius 1 is 0.500 bits per heavy atom. The Labute approximate surface area is 256 Å². The Morgan fingerprint density at radius 2 is 0.886 bits per heavy atom. The van der Waals surface area contributed by atoms with E-state index in [0.29, 0.717) is 22.5 Å². The van der Waals surface area contributed by atoms with Crippen LogP contribution in [0.1, 0.15) is 27.0 Å². The number of carbonyl (C=O) groups excluding carboxylic acids is 1. The lowest BCUT2D eigenvalue weighted by molar-refractivity contribution is 0.104. The molecule has 2 aromatic heterocycles. The molecule has 2 heterocycles. The summed E-state index contributed by atoms with van der Waals surface area (Å²) in [5.74, 6) is -0.371. The first-order chi connectivity index (χ1) is 21.1. The predicted molar refractivity (Wildman–Crippen MR) is 171 cm³/mol. The van der Waals surface area contributed by atoms with Crippen molar-refractivity contribution >= 4 is 25.8 Å². The fraction of sp³-hybridized carbons (Fsp3) is 0.0571.